The number of fused-ring (bicyclic) bond motifs is 5. The first kappa shape index (κ1) is 75.3. The molecule has 35 atom stereocenters. The van der Waals surface area contributed by atoms with Crippen LogP contribution in [0, 0.1) is 33.5 Å². The molecular weight excluding hydrogens is 1280 g/mol. The van der Waals surface area contributed by atoms with Gasteiger partial charge in [0.25, 0.3) is 0 Å². The third-order valence-electron chi connectivity index (χ3n) is 24.5. The van der Waals surface area contributed by atoms with E-state index in [1.165, 1.54) is 11.1 Å². The van der Waals surface area contributed by atoms with E-state index in [1.807, 2.05) is 6.92 Å². The van der Waals surface area contributed by atoms with Crippen molar-refractivity contribution < 1.29 is 163 Å². The van der Waals surface area contributed by atoms with E-state index in [1.54, 1.807) is 0 Å². The van der Waals surface area contributed by atoms with Crippen molar-refractivity contribution in [3.8, 4) is 0 Å². The van der Waals surface area contributed by atoms with Gasteiger partial charge in [-0.25, -0.2) is 0 Å². The van der Waals surface area contributed by atoms with Gasteiger partial charge in [-0.3, -0.25) is 4.79 Å². The van der Waals surface area contributed by atoms with Gasteiger partial charge in [0, 0.05) is 17.3 Å². The molecule has 11 rings (SSSR count). The first-order valence-corrected chi connectivity index (χ1v) is 33.7. The van der Waals surface area contributed by atoms with Gasteiger partial charge in [0.1, 0.15) is 134 Å². The molecule has 0 bridgehead atoms. The van der Waals surface area contributed by atoms with Crippen LogP contribution in [0.3, 0.4) is 0 Å². The molecule has 33 heteroatoms. The molecule has 0 aromatic carbocycles. The summed E-state index contributed by atoms with van der Waals surface area (Å²) in [5, 5.41) is 210. The van der Waals surface area contributed by atoms with E-state index in [4.69, 9.17) is 61.6 Å². The van der Waals surface area contributed by atoms with Crippen LogP contribution in [0.4, 0.5) is 0 Å². The van der Waals surface area contributed by atoms with Crippen LogP contribution in [0.1, 0.15) is 98.8 Å². The number of ether oxygens (including phenoxy) is 13. The van der Waals surface area contributed by atoms with Gasteiger partial charge < -0.3 is 159 Å². The lowest BCUT2D eigenvalue weighted by Crippen LogP contribution is -2.68. The zero-order valence-corrected chi connectivity index (χ0v) is 54.5. The normalized spacial score (nSPS) is 52.7. The van der Waals surface area contributed by atoms with Crippen molar-refractivity contribution in [2.45, 2.75) is 282 Å². The van der Waals surface area contributed by atoms with Crippen molar-refractivity contribution >= 4 is 5.78 Å². The highest BCUT2D eigenvalue weighted by Gasteiger charge is 2.73. The number of hydrogen-bond acceptors (Lipinski definition) is 33. The fraction of sp³-hybridized carbons (Fsp3) is 0.952. The molecule has 7 heterocycles. The van der Waals surface area contributed by atoms with Crippen molar-refractivity contribution in [3.63, 3.8) is 0 Å². The lowest BCUT2D eigenvalue weighted by molar-refractivity contribution is -0.407. The van der Waals surface area contributed by atoms with E-state index in [0.717, 1.165) is 25.7 Å². The predicted octanol–water partition coefficient (Wildman–Crippen LogP) is -7.21. The molecule has 2 saturated carbocycles. The molecule has 0 aromatic heterocycles. The van der Waals surface area contributed by atoms with Crippen LogP contribution < -0.4 is 0 Å². The molecule has 0 aromatic rings. The van der Waals surface area contributed by atoms with Crippen LogP contribution in [-0.4, -0.2) is 345 Å². The van der Waals surface area contributed by atoms with E-state index in [-0.39, 0.29) is 34.9 Å². The summed E-state index contributed by atoms with van der Waals surface area (Å²) in [5.74, 6) is -0.0650. The Labute approximate surface area is 553 Å². The van der Waals surface area contributed by atoms with E-state index in [0.29, 0.717) is 32.1 Å². The fourth-order valence-electron chi connectivity index (χ4n) is 18.4. The molecule has 4 aliphatic carbocycles. The van der Waals surface area contributed by atoms with Gasteiger partial charge in [0.15, 0.2) is 43.5 Å². The third kappa shape index (κ3) is 12.4. The van der Waals surface area contributed by atoms with Crippen molar-refractivity contribution in [2.75, 3.05) is 59.5 Å². The Morgan fingerprint density at radius 1 is 0.531 bits per heavy atom. The number of aliphatic hydroxyl groups is 19. The summed E-state index contributed by atoms with van der Waals surface area (Å²) in [7, 11) is 0. The summed E-state index contributed by atoms with van der Waals surface area (Å²) in [4.78, 5) is 13.1. The maximum Gasteiger partial charge on any atom is 0.187 e. The summed E-state index contributed by atoms with van der Waals surface area (Å²) >= 11 is 0. The van der Waals surface area contributed by atoms with Gasteiger partial charge in [0.2, 0.25) is 0 Å². The second kappa shape index (κ2) is 29.0. The van der Waals surface area contributed by atoms with Crippen molar-refractivity contribution in [1.82, 2.24) is 0 Å². The third-order valence-corrected chi connectivity index (χ3v) is 24.5. The molecule has 552 valence electrons. The Balaban J connectivity index is 0.825. The van der Waals surface area contributed by atoms with Crippen molar-refractivity contribution in [2.24, 2.45) is 33.5 Å². The van der Waals surface area contributed by atoms with E-state index < -0.39 is 254 Å². The number of aliphatic hydroxyl groups excluding tert-OH is 18. The first-order chi connectivity index (χ1) is 45.4. The summed E-state index contributed by atoms with van der Waals surface area (Å²) in [6.07, 6.45) is -45.9. The van der Waals surface area contributed by atoms with Gasteiger partial charge in [-0.15, -0.1) is 0 Å². The zero-order valence-electron chi connectivity index (χ0n) is 54.5. The standard InChI is InChI=1S/C63H102O33/c1-6-28(70)30-15-25(2)63(96-30)14-13-59(4)27-7-8-35-58(3,26(27)9-12-60(59,63)5)11-10-36(61(35,21-67)22-68)91-52-45(80)43(78)40(75)34(90-52)20-85-54-48(37(72)29(71)19-84-54)94-56-50(95-57-51(82)62(83,23-69)24-86-57)47(41(76)33(18-66)89-56)92-55-49(44(79)39(74)32(17-65)88-55)93-53-46(81)42(77)38(73)31(16-64)87-53/h25,29-57,64-69,71-83H,6-24H2,1-5H3/t25-,29-,30+,31-,32-,33-,34-,35-,36+,37-,38-,39+,40-,41-,42+,43+,44+,45-,46-,47+,48+,49-,50-,51+,52+,53+,54-,55+,56+,57+,58-,59+,60+,62-,63+/m1/s1. The summed E-state index contributed by atoms with van der Waals surface area (Å²) < 4.78 is 79.1. The average molecular weight is 1390 g/mol. The summed E-state index contributed by atoms with van der Waals surface area (Å²) in [6.45, 7) is 3.61. The van der Waals surface area contributed by atoms with Crippen LogP contribution in [-0.2, 0) is 66.4 Å². The molecule has 0 radical (unpaired) electrons. The van der Waals surface area contributed by atoms with Crippen molar-refractivity contribution in [3.05, 3.63) is 11.1 Å². The number of hydrogen-bond donors (Lipinski definition) is 19. The molecule has 9 fully saturated rings. The van der Waals surface area contributed by atoms with Gasteiger partial charge >= 0.3 is 0 Å². The van der Waals surface area contributed by atoms with Crippen LogP contribution >= 0.6 is 0 Å². The lowest BCUT2D eigenvalue weighted by Gasteiger charge is -2.64. The Morgan fingerprint density at radius 2 is 1.08 bits per heavy atom. The highest BCUT2D eigenvalue weighted by atomic mass is 16.8. The highest BCUT2D eigenvalue weighted by molar-refractivity contribution is 5.83. The second-order valence-electron chi connectivity index (χ2n) is 29.3. The quantitative estimate of drug-likeness (QED) is 0.0475. The molecule has 7 saturated heterocycles. The van der Waals surface area contributed by atoms with Gasteiger partial charge in [0.05, 0.1) is 71.2 Å². The zero-order chi connectivity index (χ0) is 69.7. The lowest BCUT2D eigenvalue weighted by atomic mass is 9.42. The molecule has 1 spiro atoms. The topological polar surface area (TPSA) is 521 Å². The van der Waals surface area contributed by atoms with Gasteiger partial charge in [-0.05, 0) is 80.5 Å². The monoisotopic (exact) mass is 1390 g/mol. The number of ketones is 1. The minimum atomic E-state index is -2.37. The molecule has 19 N–H and O–H groups in total. The molecule has 11 aliphatic rings. The average Bonchev–Trinajstić information content (AvgIpc) is 1.46. The second-order valence-corrected chi connectivity index (χ2v) is 29.3. The number of allylic oxidation sites excluding steroid dienone is 2. The van der Waals surface area contributed by atoms with E-state index in [9.17, 15) is 102 Å². The predicted molar refractivity (Wildman–Crippen MR) is 315 cm³/mol. The number of Topliss-reactive ketones (excluding diaryl/α,β-unsaturated/α-hetero) is 1. The molecule has 7 aliphatic heterocycles. The number of carbonyl (C=O) groups is 1. The highest BCUT2D eigenvalue weighted by Crippen LogP contribution is 2.75. The first-order valence-electron chi connectivity index (χ1n) is 33.7. The Hall–Kier alpha value is -1.87. The fourth-order valence-corrected chi connectivity index (χ4v) is 18.4. The van der Waals surface area contributed by atoms with Crippen molar-refractivity contribution in [1.29, 1.82) is 0 Å². The minimum Gasteiger partial charge on any atom is -0.396 e. The van der Waals surface area contributed by atoms with E-state index >= 15 is 0 Å². The molecular formula is C63H102O33. The molecule has 0 unspecified atom stereocenters. The number of rotatable bonds is 21. The SMILES string of the molecule is CCC(=O)[C@@H]1C[C@@H](C)[C@]2(CC[C@@]3(C)C4=C(CC[C@@]32C)[C@@]2(C)CC[C@H](O[C@@H]3O[C@H](CO[C@H]5OC[C@@H](O)[C@@H](O)[C@@H]5O[C@@H]5O[C@H](CO)[C@@H](O)[C@H](O[C@@H]6O[C@H](CO)[C@H](O)[C@H](O)[C@H]6O[C@@H]6O[C@H](CO)[C@@H](O)[C@H](O)[C@H]6O)[C@H]5O[C@@H]5OC[C@](O)(CO)[C@H]5O)[C@@H](O)[C@H](O)[C@H]3O)C(CO)(CO)[C@@H]2CC4)O1. The van der Waals surface area contributed by atoms with Gasteiger partial charge in [-0.2, -0.15) is 0 Å². The molecule has 0 amide bonds. The minimum absolute atomic E-state index is 0.116. The maximum atomic E-state index is 13.1. The maximum absolute atomic E-state index is 13.1. The van der Waals surface area contributed by atoms with E-state index in [2.05, 4.69) is 27.7 Å². The number of carbonyl (C=O) groups excluding carboxylic acids is 1. The molecule has 96 heavy (non-hydrogen) atoms. The summed E-state index contributed by atoms with van der Waals surface area (Å²) in [6, 6.07) is 0. The Bertz CT molecular complexity index is 2680. The summed E-state index contributed by atoms with van der Waals surface area (Å²) in [5.41, 5.74) is -2.57. The van der Waals surface area contributed by atoms with Gasteiger partial charge in [-0.1, -0.05) is 45.8 Å². The molecule has 33 nitrogen and oxygen atoms in total. The Kier molecular flexibility index (Phi) is 22.7. The smallest absolute Gasteiger partial charge is 0.187 e. The van der Waals surface area contributed by atoms with Crippen LogP contribution in [0.15, 0.2) is 11.1 Å². The van der Waals surface area contributed by atoms with Crippen LogP contribution in [0.5, 0.6) is 0 Å². The largest absolute Gasteiger partial charge is 0.396 e. The Morgan fingerprint density at radius 3 is 1.70 bits per heavy atom. The van der Waals surface area contributed by atoms with Crippen LogP contribution in [0.25, 0.3) is 0 Å². The van der Waals surface area contributed by atoms with Crippen LogP contribution in [0.2, 0.25) is 0 Å².